The van der Waals surface area contributed by atoms with Crippen LogP contribution in [0.2, 0.25) is 0 Å². The smallest absolute Gasteiger partial charge is 0.0124 e. The summed E-state index contributed by atoms with van der Waals surface area (Å²) in [6, 6.07) is 0. The lowest BCUT2D eigenvalue weighted by Gasteiger charge is -2.32. The third kappa shape index (κ3) is 3.93. The Balaban J connectivity index is 2.34. The molecule has 0 heterocycles. The van der Waals surface area contributed by atoms with Crippen molar-refractivity contribution in [1.29, 1.82) is 0 Å². The van der Waals surface area contributed by atoms with Crippen LogP contribution in [-0.4, -0.2) is 33.5 Å². The molecule has 1 saturated carbocycles. The monoisotopic (exact) mass is 236 g/mol. The van der Waals surface area contributed by atoms with E-state index in [4.69, 9.17) is 0 Å². The van der Waals surface area contributed by atoms with Crippen LogP contribution in [-0.2, 0) is 9.93 Å². The summed E-state index contributed by atoms with van der Waals surface area (Å²) >= 11 is 1.87. The SMILES string of the molecule is CSCCC[SH](C)(=O)C1CCCCC1. The van der Waals surface area contributed by atoms with Crippen LogP contribution in [0, 0.1) is 0 Å². The topological polar surface area (TPSA) is 17.1 Å². The zero-order valence-corrected chi connectivity index (χ0v) is 11.2. The largest absolute Gasteiger partial charge is 0.285 e. The maximum atomic E-state index is 12.4. The minimum atomic E-state index is -1.81. The fourth-order valence-electron chi connectivity index (χ4n) is 2.33. The first-order valence-electron chi connectivity index (χ1n) is 5.72. The molecule has 0 spiro atoms. The molecule has 1 fully saturated rings. The van der Waals surface area contributed by atoms with Crippen molar-refractivity contribution in [3.8, 4) is 0 Å². The summed E-state index contributed by atoms with van der Waals surface area (Å²) in [5, 5.41) is 0.568. The lowest BCUT2D eigenvalue weighted by atomic mass is 10.0. The average Bonchev–Trinajstić information content (AvgIpc) is 2.19. The molecule has 0 aromatic heterocycles. The number of hydrogen-bond donors (Lipinski definition) is 1. The molecule has 1 rings (SSSR count). The highest BCUT2D eigenvalue weighted by atomic mass is 32.2. The number of thiol groups is 1. The molecule has 1 aliphatic carbocycles. The Bertz CT molecular complexity index is 197. The predicted molar refractivity (Wildman–Crippen MR) is 70.2 cm³/mol. The van der Waals surface area contributed by atoms with Crippen molar-refractivity contribution in [3.63, 3.8) is 0 Å². The maximum absolute atomic E-state index is 12.4. The lowest BCUT2D eigenvalue weighted by molar-refractivity contribution is 0.500. The fraction of sp³-hybridized carbons (Fsp3) is 1.00. The van der Waals surface area contributed by atoms with Crippen molar-refractivity contribution in [3.05, 3.63) is 0 Å². The first-order valence-corrected chi connectivity index (χ1v) is 9.52. The van der Waals surface area contributed by atoms with E-state index >= 15 is 0 Å². The molecule has 1 aliphatic rings. The van der Waals surface area contributed by atoms with Crippen LogP contribution in [0.25, 0.3) is 0 Å². The number of thioether (sulfide) groups is 1. The van der Waals surface area contributed by atoms with Crippen molar-refractivity contribution in [2.75, 3.05) is 24.0 Å². The predicted octanol–water partition coefficient (Wildman–Crippen LogP) is 2.72. The summed E-state index contributed by atoms with van der Waals surface area (Å²) in [5.74, 6) is 2.16. The summed E-state index contributed by atoms with van der Waals surface area (Å²) in [5.41, 5.74) is 0. The van der Waals surface area contributed by atoms with Crippen LogP contribution in [0.5, 0.6) is 0 Å². The molecule has 0 bridgehead atoms. The first-order chi connectivity index (χ1) is 6.67. The van der Waals surface area contributed by atoms with Crippen molar-refractivity contribution >= 4 is 21.7 Å². The number of hydrogen-bond acceptors (Lipinski definition) is 2. The minimum Gasteiger partial charge on any atom is -0.285 e. The Morgan fingerprint density at radius 3 is 2.50 bits per heavy atom. The van der Waals surface area contributed by atoms with Gasteiger partial charge in [0, 0.05) is 11.0 Å². The second-order valence-corrected chi connectivity index (χ2v) is 9.05. The van der Waals surface area contributed by atoms with Crippen LogP contribution >= 0.6 is 11.8 Å². The minimum absolute atomic E-state index is 0.568. The summed E-state index contributed by atoms with van der Waals surface area (Å²) < 4.78 is 12.4. The summed E-state index contributed by atoms with van der Waals surface area (Å²) in [4.78, 5) is 0. The zero-order chi connectivity index (χ0) is 10.4. The summed E-state index contributed by atoms with van der Waals surface area (Å²) in [7, 11) is -1.81. The van der Waals surface area contributed by atoms with E-state index in [9.17, 15) is 4.21 Å². The van der Waals surface area contributed by atoms with Gasteiger partial charge >= 0.3 is 0 Å². The van der Waals surface area contributed by atoms with Crippen molar-refractivity contribution in [2.45, 2.75) is 43.8 Å². The molecule has 0 N–H and O–H groups in total. The molecule has 1 nitrogen and oxygen atoms in total. The van der Waals surface area contributed by atoms with E-state index in [1.807, 2.05) is 18.0 Å². The Labute approximate surface area is 93.8 Å². The van der Waals surface area contributed by atoms with Crippen LogP contribution in [0.3, 0.4) is 0 Å². The third-order valence-electron chi connectivity index (χ3n) is 3.30. The molecule has 0 unspecified atom stereocenters. The second kappa shape index (κ2) is 6.16. The Morgan fingerprint density at radius 1 is 1.29 bits per heavy atom. The highest BCUT2D eigenvalue weighted by molar-refractivity contribution is 8.03. The highest BCUT2D eigenvalue weighted by Gasteiger charge is 2.24. The Kier molecular flexibility index (Phi) is 5.53. The third-order valence-corrected chi connectivity index (χ3v) is 7.26. The van der Waals surface area contributed by atoms with Gasteiger partial charge in [0.05, 0.1) is 0 Å². The van der Waals surface area contributed by atoms with Gasteiger partial charge in [0.1, 0.15) is 0 Å². The summed E-state index contributed by atoms with van der Waals surface area (Å²) in [6.45, 7) is 0. The van der Waals surface area contributed by atoms with Gasteiger partial charge in [-0.2, -0.15) is 11.8 Å². The molecule has 3 heteroatoms. The van der Waals surface area contributed by atoms with E-state index in [-0.39, 0.29) is 0 Å². The quantitative estimate of drug-likeness (QED) is 0.584. The first kappa shape index (κ1) is 12.6. The van der Waals surface area contributed by atoms with Gasteiger partial charge in [0.15, 0.2) is 0 Å². The molecule has 86 valence electrons. The van der Waals surface area contributed by atoms with E-state index in [1.54, 1.807) is 0 Å². The Hall–Kier alpha value is 0.500. The molecule has 14 heavy (non-hydrogen) atoms. The molecule has 0 aliphatic heterocycles. The van der Waals surface area contributed by atoms with Gasteiger partial charge < -0.3 is 0 Å². The Morgan fingerprint density at radius 2 is 1.93 bits per heavy atom. The van der Waals surface area contributed by atoms with Gasteiger partial charge in [-0.25, -0.2) is 0 Å². The van der Waals surface area contributed by atoms with E-state index in [0.717, 1.165) is 12.2 Å². The summed E-state index contributed by atoms with van der Waals surface area (Å²) in [6.07, 6.45) is 11.8. The molecule has 0 aromatic rings. The molecule has 0 radical (unpaired) electrons. The molecular formula is C11H24OS2. The average molecular weight is 236 g/mol. The zero-order valence-electron chi connectivity index (χ0n) is 9.50. The van der Waals surface area contributed by atoms with E-state index in [1.165, 1.54) is 37.9 Å². The molecular weight excluding hydrogens is 212 g/mol. The van der Waals surface area contributed by atoms with E-state index < -0.39 is 9.93 Å². The lowest BCUT2D eigenvalue weighted by Crippen LogP contribution is -2.32. The van der Waals surface area contributed by atoms with Crippen molar-refractivity contribution < 1.29 is 4.21 Å². The van der Waals surface area contributed by atoms with Gasteiger partial charge in [-0.15, -0.1) is 9.93 Å². The van der Waals surface area contributed by atoms with Gasteiger partial charge in [-0.05, 0) is 37.5 Å². The molecule has 0 amide bonds. The van der Waals surface area contributed by atoms with E-state index in [0.29, 0.717) is 5.25 Å². The van der Waals surface area contributed by atoms with Crippen LogP contribution < -0.4 is 0 Å². The highest BCUT2D eigenvalue weighted by Crippen LogP contribution is 2.27. The maximum Gasteiger partial charge on any atom is 0.0124 e. The van der Waals surface area contributed by atoms with Crippen molar-refractivity contribution in [1.82, 2.24) is 0 Å². The van der Waals surface area contributed by atoms with Crippen molar-refractivity contribution in [2.24, 2.45) is 0 Å². The standard InChI is InChI=1S/C11H24OS2/c1-13-9-6-10-14(2,12)11-7-4-3-5-8-11/h11,14H,3-10H2,1-2H3. The number of rotatable bonds is 5. The van der Waals surface area contributed by atoms with Crippen LogP contribution in [0.15, 0.2) is 0 Å². The normalized spacial score (nSPS) is 21.0. The van der Waals surface area contributed by atoms with E-state index in [2.05, 4.69) is 6.26 Å². The van der Waals surface area contributed by atoms with Crippen LogP contribution in [0.4, 0.5) is 0 Å². The molecule has 0 aromatic carbocycles. The second-order valence-electron chi connectivity index (χ2n) is 4.54. The molecule has 0 atom stereocenters. The van der Waals surface area contributed by atoms with Gasteiger partial charge in [0.2, 0.25) is 0 Å². The fourth-order valence-corrected chi connectivity index (χ4v) is 5.59. The van der Waals surface area contributed by atoms with Crippen LogP contribution in [0.1, 0.15) is 38.5 Å². The van der Waals surface area contributed by atoms with Gasteiger partial charge in [0.25, 0.3) is 0 Å². The molecule has 0 saturated heterocycles. The van der Waals surface area contributed by atoms with Gasteiger partial charge in [-0.1, -0.05) is 19.3 Å². The van der Waals surface area contributed by atoms with Gasteiger partial charge in [-0.3, -0.25) is 4.21 Å².